The number of aliphatic hydroxyl groups is 1. The Bertz CT molecular complexity index is 131. The van der Waals surface area contributed by atoms with Crippen molar-refractivity contribution >= 4 is 0 Å². The highest BCUT2D eigenvalue weighted by atomic mass is 16.6. The van der Waals surface area contributed by atoms with Gasteiger partial charge >= 0.3 is 0 Å². The van der Waals surface area contributed by atoms with Crippen LogP contribution >= 0.6 is 0 Å². The maximum atomic E-state index is 9.04. The minimum absolute atomic E-state index is 0.125. The van der Waals surface area contributed by atoms with E-state index in [2.05, 4.69) is 6.92 Å². The predicted molar refractivity (Wildman–Crippen MR) is 39.5 cm³/mol. The summed E-state index contributed by atoms with van der Waals surface area (Å²) in [6, 6.07) is 0. The Kier molecular flexibility index (Phi) is 2.46. The molecule has 0 aliphatic carbocycles. The zero-order valence-corrected chi connectivity index (χ0v) is 6.45. The fraction of sp³-hybridized carbons (Fsp3) is 0.750. The zero-order chi connectivity index (χ0) is 7.56. The summed E-state index contributed by atoms with van der Waals surface area (Å²) in [6.45, 7) is 4.04. The number of allylic oxidation sites excluding steroid dienone is 1. The summed E-state index contributed by atoms with van der Waals surface area (Å²) in [5.41, 5.74) is 0. The van der Waals surface area contributed by atoms with Crippen LogP contribution in [0, 0.1) is 5.92 Å². The van der Waals surface area contributed by atoms with Crippen molar-refractivity contribution in [2.45, 2.75) is 32.7 Å². The van der Waals surface area contributed by atoms with Crippen molar-refractivity contribution in [2.75, 3.05) is 0 Å². The van der Waals surface area contributed by atoms with Crippen LogP contribution in [0.2, 0.25) is 0 Å². The van der Waals surface area contributed by atoms with Gasteiger partial charge in [0.2, 0.25) is 0 Å². The average Bonchev–Trinajstić information content (AvgIpc) is 2.13. The van der Waals surface area contributed by atoms with E-state index in [0.717, 1.165) is 6.42 Å². The Labute approximate surface area is 61.5 Å². The predicted octanol–water partition coefficient (Wildman–Crippen LogP) is 1.31. The van der Waals surface area contributed by atoms with E-state index in [0.29, 0.717) is 5.92 Å². The lowest BCUT2D eigenvalue weighted by Crippen LogP contribution is -2.10. The summed E-state index contributed by atoms with van der Waals surface area (Å²) in [5.74, 6) is 0.450. The molecule has 0 amide bonds. The van der Waals surface area contributed by atoms with Gasteiger partial charge in [-0.3, -0.25) is 0 Å². The van der Waals surface area contributed by atoms with Crippen molar-refractivity contribution in [3.63, 3.8) is 0 Å². The van der Waals surface area contributed by atoms with Crippen LogP contribution in [0.15, 0.2) is 12.2 Å². The second-order valence-electron chi connectivity index (χ2n) is 2.79. The topological polar surface area (TPSA) is 29.5 Å². The molecule has 0 spiro atoms. The van der Waals surface area contributed by atoms with E-state index in [-0.39, 0.29) is 6.10 Å². The summed E-state index contributed by atoms with van der Waals surface area (Å²) >= 11 is 0. The molecule has 2 nitrogen and oxygen atoms in total. The van der Waals surface area contributed by atoms with E-state index in [1.807, 2.05) is 19.1 Å². The summed E-state index contributed by atoms with van der Waals surface area (Å²) in [6.07, 6.45) is 4.28. The van der Waals surface area contributed by atoms with Crippen molar-refractivity contribution < 1.29 is 9.84 Å². The monoisotopic (exact) mass is 142 g/mol. The zero-order valence-electron chi connectivity index (χ0n) is 6.45. The van der Waals surface area contributed by atoms with Gasteiger partial charge in [0, 0.05) is 6.42 Å². The van der Waals surface area contributed by atoms with Gasteiger partial charge < -0.3 is 9.84 Å². The van der Waals surface area contributed by atoms with Gasteiger partial charge in [-0.25, -0.2) is 0 Å². The molecular formula is C8H14O2. The molecule has 1 heterocycles. The van der Waals surface area contributed by atoms with Crippen LogP contribution < -0.4 is 0 Å². The highest BCUT2D eigenvalue weighted by Gasteiger charge is 2.28. The third-order valence-electron chi connectivity index (χ3n) is 1.83. The molecule has 0 saturated carbocycles. The van der Waals surface area contributed by atoms with Gasteiger partial charge in [-0.05, 0) is 12.8 Å². The standard InChI is InChI=1S/C8H14O2/c1-3-4-7-6(2)5-8(9)10-7/h3-4,6-9H,5H2,1-2H3/b4-3+/t6-,7-,8-/m0/s1. The number of hydrogen-bond donors (Lipinski definition) is 1. The third kappa shape index (κ3) is 1.58. The second kappa shape index (κ2) is 3.17. The molecule has 1 aliphatic heterocycles. The van der Waals surface area contributed by atoms with Gasteiger partial charge in [-0.15, -0.1) is 0 Å². The molecule has 1 N–H and O–H groups in total. The fourth-order valence-corrected chi connectivity index (χ4v) is 1.25. The molecule has 2 heteroatoms. The van der Waals surface area contributed by atoms with Crippen LogP contribution in [0.25, 0.3) is 0 Å². The van der Waals surface area contributed by atoms with Crippen LogP contribution in [0.3, 0.4) is 0 Å². The first-order valence-electron chi connectivity index (χ1n) is 3.70. The molecule has 0 aromatic heterocycles. The minimum Gasteiger partial charge on any atom is -0.368 e. The number of aliphatic hydroxyl groups excluding tert-OH is 1. The van der Waals surface area contributed by atoms with Crippen molar-refractivity contribution in [2.24, 2.45) is 5.92 Å². The van der Waals surface area contributed by atoms with Crippen LogP contribution in [-0.4, -0.2) is 17.5 Å². The van der Waals surface area contributed by atoms with E-state index in [4.69, 9.17) is 9.84 Å². The fourth-order valence-electron chi connectivity index (χ4n) is 1.25. The SMILES string of the molecule is C/C=C/[C@@H]1O[C@H](O)C[C@@H]1C. The normalized spacial score (nSPS) is 41.3. The van der Waals surface area contributed by atoms with Gasteiger partial charge in [0.05, 0.1) is 6.10 Å². The second-order valence-corrected chi connectivity index (χ2v) is 2.79. The Morgan fingerprint density at radius 1 is 1.60 bits per heavy atom. The van der Waals surface area contributed by atoms with Gasteiger partial charge in [0.1, 0.15) is 0 Å². The maximum absolute atomic E-state index is 9.04. The van der Waals surface area contributed by atoms with Crippen LogP contribution in [-0.2, 0) is 4.74 Å². The molecule has 1 aliphatic rings. The van der Waals surface area contributed by atoms with Crippen molar-refractivity contribution in [1.82, 2.24) is 0 Å². The highest BCUT2D eigenvalue weighted by molar-refractivity contribution is 4.93. The van der Waals surface area contributed by atoms with Gasteiger partial charge in [-0.1, -0.05) is 19.1 Å². The first-order valence-corrected chi connectivity index (χ1v) is 3.70. The van der Waals surface area contributed by atoms with Crippen LogP contribution in [0.5, 0.6) is 0 Å². The number of rotatable bonds is 1. The smallest absolute Gasteiger partial charge is 0.155 e. The first kappa shape index (κ1) is 7.76. The molecule has 3 atom stereocenters. The molecule has 0 aromatic carbocycles. The van der Waals surface area contributed by atoms with E-state index >= 15 is 0 Å². The van der Waals surface area contributed by atoms with E-state index in [9.17, 15) is 0 Å². The quantitative estimate of drug-likeness (QED) is 0.559. The molecule has 58 valence electrons. The molecule has 0 aromatic rings. The molecular weight excluding hydrogens is 128 g/mol. The van der Waals surface area contributed by atoms with Crippen molar-refractivity contribution in [3.8, 4) is 0 Å². The number of hydrogen-bond acceptors (Lipinski definition) is 2. The first-order chi connectivity index (χ1) is 4.74. The Morgan fingerprint density at radius 3 is 2.70 bits per heavy atom. The Morgan fingerprint density at radius 2 is 2.30 bits per heavy atom. The lowest BCUT2D eigenvalue weighted by Gasteiger charge is -2.07. The van der Waals surface area contributed by atoms with Crippen LogP contribution in [0.4, 0.5) is 0 Å². The van der Waals surface area contributed by atoms with Gasteiger partial charge in [0.15, 0.2) is 6.29 Å². The maximum Gasteiger partial charge on any atom is 0.155 e. The van der Waals surface area contributed by atoms with E-state index in [1.54, 1.807) is 0 Å². The van der Waals surface area contributed by atoms with E-state index < -0.39 is 6.29 Å². The largest absolute Gasteiger partial charge is 0.368 e. The number of ether oxygens (including phenoxy) is 1. The summed E-state index contributed by atoms with van der Waals surface area (Å²) in [4.78, 5) is 0. The molecule has 10 heavy (non-hydrogen) atoms. The summed E-state index contributed by atoms with van der Waals surface area (Å²) in [7, 11) is 0. The lowest BCUT2D eigenvalue weighted by atomic mass is 10.0. The molecule has 1 fully saturated rings. The molecule has 0 unspecified atom stereocenters. The minimum atomic E-state index is -0.545. The third-order valence-corrected chi connectivity index (χ3v) is 1.83. The molecule has 0 bridgehead atoms. The Hall–Kier alpha value is -0.340. The summed E-state index contributed by atoms with van der Waals surface area (Å²) < 4.78 is 5.18. The van der Waals surface area contributed by atoms with Crippen molar-refractivity contribution in [1.29, 1.82) is 0 Å². The molecule has 0 radical (unpaired) electrons. The molecule has 1 saturated heterocycles. The average molecular weight is 142 g/mol. The molecule has 1 rings (SSSR count). The summed E-state index contributed by atoms with van der Waals surface area (Å²) in [5, 5.41) is 9.04. The lowest BCUT2D eigenvalue weighted by molar-refractivity contribution is -0.0787. The van der Waals surface area contributed by atoms with Crippen molar-refractivity contribution in [3.05, 3.63) is 12.2 Å². The highest BCUT2D eigenvalue weighted by Crippen LogP contribution is 2.25. The van der Waals surface area contributed by atoms with Crippen LogP contribution in [0.1, 0.15) is 20.3 Å². The van der Waals surface area contributed by atoms with Gasteiger partial charge in [-0.2, -0.15) is 0 Å². The Balaban J connectivity index is 2.46. The van der Waals surface area contributed by atoms with Gasteiger partial charge in [0.25, 0.3) is 0 Å². The van der Waals surface area contributed by atoms with E-state index in [1.165, 1.54) is 0 Å².